The predicted octanol–water partition coefficient (Wildman–Crippen LogP) is 5.46. The van der Waals surface area contributed by atoms with Crippen molar-refractivity contribution in [1.29, 1.82) is 0 Å². The fourth-order valence-electron chi connectivity index (χ4n) is 2.91. The lowest BCUT2D eigenvalue weighted by Gasteiger charge is -2.22. The molecule has 26 heavy (non-hydrogen) atoms. The first kappa shape index (κ1) is 17.9. The van der Waals surface area contributed by atoms with E-state index in [2.05, 4.69) is 15.9 Å². The van der Waals surface area contributed by atoms with Crippen LogP contribution in [-0.4, -0.2) is 30.1 Å². The van der Waals surface area contributed by atoms with Gasteiger partial charge in [-0.2, -0.15) is 0 Å². The number of benzene rings is 1. The fraction of sp³-hybridized carbons (Fsp3) is 0.263. The zero-order valence-corrected chi connectivity index (χ0v) is 17.1. The van der Waals surface area contributed by atoms with Crippen LogP contribution in [0.25, 0.3) is 11.3 Å². The number of carbonyl (C=O) groups excluding carboxylic acids is 1. The summed E-state index contributed by atoms with van der Waals surface area (Å²) in [6.07, 6.45) is 2.12. The molecule has 0 bridgehead atoms. The van der Waals surface area contributed by atoms with Crippen molar-refractivity contribution in [3.63, 3.8) is 0 Å². The van der Waals surface area contributed by atoms with Gasteiger partial charge >= 0.3 is 0 Å². The molecule has 1 aliphatic heterocycles. The number of ether oxygens (including phenoxy) is 1. The van der Waals surface area contributed by atoms with Gasteiger partial charge in [0.25, 0.3) is 5.91 Å². The number of nitrogens with zero attached hydrogens (tertiary/aromatic N) is 2. The quantitative estimate of drug-likeness (QED) is 0.520. The largest absolute Gasteiger partial charge is 0.376 e. The minimum Gasteiger partial charge on any atom is -0.376 e. The first-order valence-corrected chi connectivity index (χ1v) is 10.9. The minimum atomic E-state index is -0.00722. The van der Waals surface area contributed by atoms with Crippen LogP contribution in [0.3, 0.4) is 0 Å². The maximum absolute atomic E-state index is 13.0. The monoisotopic (exact) mass is 448 g/mol. The van der Waals surface area contributed by atoms with Crippen molar-refractivity contribution in [2.75, 3.05) is 18.1 Å². The van der Waals surface area contributed by atoms with Crippen LogP contribution in [0.5, 0.6) is 0 Å². The molecule has 0 aliphatic carbocycles. The van der Waals surface area contributed by atoms with E-state index >= 15 is 0 Å². The molecular formula is C19H17BrN2O2S2. The van der Waals surface area contributed by atoms with Crippen molar-refractivity contribution in [1.82, 2.24) is 4.98 Å². The highest BCUT2D eigenvalue weighted by Gasteiger charge is 2.27. The third-order valence-corrected chi connectivity index (χ3v) is 6.50. The molecule has 2 aromatic heterocycles. The molecule has 4 rings (SSSR count). The van der Waals surface area contributed by atoms with Crippen LogP contribution in [0.4, 0.5) is 5.13 Å². The SMILES string of the molecule is O=C(c1cccs1)N(C[C@H]1CCCO1)c1nc(-c2ccc(Br)cc2)cs1. The molecular weight excluding hydrogens is 432 g/mol. The third kappa shape index (κ3) is 3.91. The van der Waals surface area contributed by atoms with Gasteiger partial charge in [-0.25, -0.2) is 4.98 Å². The number of hydrogen-bond acceptors (Lipinski definition) is 5. The van der Waals surface area contributed by atoms with Crippen molar-refractivity contribution in [3.8, 4) is 11.3 Å². The van der Waals surface area contributed by atoms with Gasteiger partial charge in [0.05, 0.1) is 23.2 Å². The molecule has 0 unspecified atom stereocenters. The second-order valence-electron chi connectivity index (χ2n) is 6.05. The van der Waals surface area contributed by atoms with Crippen molar-refractivity contribution >= 4 is 49.6 Å². The molecule has 134 valence electrons. The third-order valence-electron chi connectivity index (χ3n) is 4.25. The smallest absolute Gasteiger partial charge is 0.270 e. The maximum Gasteiger partial charge on any atom is 0.270 e. The van der Waals surface area contributed by atoms with Gasteiger partial charge < -0.3 is 4.74 Å². The van der Waals surface area contributed by atoms with E-state index < -0.39 is 0 Å². The van der Waals surface area contributed by atoms with E-state index in [4.69, 9.17) is 9.72 Å². The van der Waals surface area contributed by atoms with E-state index in [1.807, 2.05) is 47.2 Å². The average Bonchev–Trinajstić information content (AvgIpc) is 3.42. The van der Waals surface area contributed by atoms with E-state index in [0.29, 0.717) is 6.54 Å². The number of amides is 1. The van der Waals surface area contributed by atoms with Gasteiger partial charge in [0, 0.05) is 22.0 Å². The summed E-state index contributed by atoms with van der Waals surface area (Å²) in [5.74, 6) is -0.00722. The lowest BCUT2D eigenvalue weighted by Crippen LogP contribution is -2.37. The standard InChI is InChI=1S/C19H17BrN2O2S2/c20-14-7-5-13(6-8-14)16-12-26-19(21-16)22(11-15-3-1-9-24-15)18(23)17-4-2-10-25-17/h2,4-8,10,12,15H,1,3,9,11H2/t15-/m1/s1. The zero-order valence-electron chi connectivity index (χ0n) is 13.9. The first-order chi connectivity index (χ1) is 12.7. The molecule has 1 fully saturated rings. The lowest BCUT2D eigenvalue weighted by molar-refractivity contribution is 0.0920. The van der Waals surface area contributed by atoms with Gasteiger partial charge in [-0.15, -0.1) is 22.7 Å². The van der Waals surface area contributed by atoms with Gasteiger partial charge in [0.2, 0.25) is 0 Å². The van der Waals surface area contributed by atoms with Crippen molar-refractivity contribution < 1.29 is 9.53 Å². The first-order valence-electron chi connectivity index (χ1n) is 8.39. The average molecular weight is 449 g/mol. The Morgan fingerprint density at radius 1 is 1.27 bits per heavy atom. The van der Waals surface area contributed by atoms with Crippen LogP contribution >= 0.6 is 38.6 Å². The highest BCUT2D eigenvalue weighted by molar-refractivity contribution is 9.10. The Labute approximate surface area is 168 Å². The molecule has 1 aromatic carbocycles. The van der Waals surface area contributed by atoms with E-state index in [0.717, 1.165) is 45.2 Å². The van der Waals surface area contributed by atoms with Gasteiger partial charge in [-0.3, -0.25) is 9.69 Å². The van der Waals surface area contributed by atoms with E-state index in [9.17, 15) is 4.79 Å². The topological polar surface area (TPSA) is 42.4 Å². The van der Waals surface area contributed by atoms with Crippen molar-refractivity contribution in [3.05, 3.63) is 56.5 Å². The molecule has 1 aliphatic rings. The molecule has 1 saturated heterocycles. The Balaban J connectivity index is 1.62. The second-order valence-corrected chi connectivity index (χ2v) is 8.75. The summed E-state index contributed by atoms with van der Waals surface area (Å²) < 4.78 is 6.79. The maximum atomic E-state index is 13.0. The number of thiazole rings is 1. The molecule has 0 spiro atoms. The molecule has 7 heteroatoms. The number of thiophene rings is 1. The molecule has 0 radical (unpaired) electrons. The minimum absolute atomic E-state index is 0.00722. The van der Waals surface area contributed by atoms with Crippen LogP contribution in [0.15, 0.2) is 51.6 Å². The Hall–Kier alpha value is -1.54. The number of aromatic nitrogens is 1. The van der Waals surface area contributed by atoms with Crippen LogP contribution in [0.2, 0.25) is 0 Å². The number of anilines is 1. The fourth-order valence-corrected chi connectivity index (χ4v) is 4.69. The number of rotatable bonds is 5. The number of carbonyl (C=O) groups is 1. The Bertz CT molecular complexity index is 871. The summed E-state index contributed by atoms with van der Waals surface area (Å²) in [6, 6.07) is 11.8. The van der Waals surface area contributed by atoms with Crippen LogP contribution in [0, 0.1) is 0 Å². The summed E-state index contributed by atoms with van der Waals surface area (Å²) in [5, 5.41) is 4.65. The second kappa shape index (κ2) is 8.00. The predicted molar refractivity (Wildman–Crippen MR) is 110 cm³/mol. The van der Waals surface area contributed by atoms with Crippen molar-refractivity contribution in [2.45, 2.75) is 18.9 Å². The van der Waals surface area contributed by atoms with Gasteiger partial charge in [-0.05, 0) is 36.4 Å². The Morgan fingerprint density at radius 2 is 2.12 bits per heavy atom. The number of halogens is 1. The Kier molecular flexibility index (Phi) is 5.49. The normalized spacial score (nSPS) is 16.7. The van der Waals surface area contributed by atoms with E-state index in [1.165, 1.54) is 22.7 Å². The van der Waals surface area contributed by atoms with Crippen LogP contribution < -0.4 is 4.90 Å². The van der Waals surface area contributed by atoms with Crippen LogP contribution in [0.1, 0.15) is 22.5 Å². The number of hydrogen-bond donors (Lipinski definition) is 0. The molecule has 1 atom stereocenters. The molecule has 0 saturated carbocycles. The lowest BCUT2D eigenvalue weighted by atomic mass is 10.2. The summed E-state index contributed by atoms with van der Waals surface area (Å²) >= 11 is 6.41. The van der Waals surface area contributed by atoms with Gasteiger partial charge in [0.15, 0.2) is 5.13 Å². The summed E-state index contributed by atoms with van der Waals surface area (Å²) in [7, 11) is 0. The van der Waals surface area contributed by atoms with Crippen molar-refractivity contribution in [2.24, 2.45) is 0 Å². The summed E-state index contributed by atoms with van der Waals surface area (Å²) in [6.45, 7) is 1.32. The Morgan fingerprint density at radius 3 is 2.81 bits per heavy atom. The highest BCUT2D eigenvalue weighted by Crippen LogP contribution is 2.30. The van der Waals surface area contributed by atoms with E-state index in [1.54, 1.807) is 4.90 Å². The molecule has 3 aromatic rings. The van der Waals surface area contributed by atoms with Gasteiger partial charge in [-0.1, -0.05) is 34.1 Å². The van der Waals surface area contributed by atoms with Crippen LogP contribution in [-0.2, 0) is 4.74 Å². The van der Waals surface area contributed by atoms with E-state index in [-0.39, 0.29) is 12.0 Å². The summed E-state index contributed by atoms with van der Waals surface area (Å²) in [5.41, 5.74) is 1.92. The highest BCUT2D eigenvalue weighted by atomic mass is 79.9. The summed E-state index contributed by atoms with van der Waals surface area (Å²) in [4.78, 5) is 20.3. The molecule has 4 nitrogen and oxygen atoms in total. The zero-order chi connectivity index (χ0) is 17.9. The molecule has 1 amide bonds. The molecule has 0 N–H and O–H groups in total. The van der Waals surface area contributed by atoms with Gasteiger partial charge in [0.1, 0.15) is 0 Å². The molecule has 3 heterocycles.